The molecule has 0 N–H and O–H groups in total. The van der Waals surface area contributed by atoms with Gasteiger partial charge in [0.25, 0.3) is 0 Å². The molecule has 4 nitrogen and oxygen atoms in total. The molecule has 0 radical (unpaired) electrons. The van der Waals surface area contributed by atoms with Gasteiger partial charge in [0, 0.05) is 6.21 Å². The average Bonchev–Trinajstić information content (AvgIpc) is 2.75. The molecule has 39 heavy (non-hydrogen) atoms. The standard InChI is InChI=1S/C28H33N2O2S.C4H11Si.Ni/c1-18(2)24-12-10-13-25(19(3)4)27(24)29-17-23-11-8-9-14-26(23)30-33(31,32)28-21(6)15-20(5)16-22(28)7;1-5(2,3)4;/h8-19H,1-7H3;1H2,2-4H3;/q2*-1;+2. The molecule has 0 saturated heterocycles. The van der Waals surface area contributed by atoms with Crippen LogP contribution in [0.5, 0.6) is 0 Å². The molecule has 214 valence electrons. The van der Waals surface area contributed by atoms with Gasteiger partial charge in [-0.05, 0) is 60.4 Å². The van der Waals surface area contributed by atoms with E-state index in [4.69, 9.17) is 4.99 Å². The average molecular weight is 608 g/mol. The normalized spacial score (nSPS) is 11.8. The third-order valence-electron chi connectivity index (χ3n) is 5.69. The summed E-state index contributed by atoms with van der Waals surface area (Å²) in [7, 11) is -4.74. The summed E-state index contributed by atoms with van der Waals surface area (Å²) in [5.41, 5.74) is 6.78. The number of benzene rings is 3. The molecular formula is C32H44N2NiO2SSi. The first kappa shape index (κ1) is 34.8. The van der Waals surface area contributed by atoms with Crippen LogP contribution in [-0.2, 0) is 26.5 Å². The van der Waals surface area contributed by atoms with Gasteiger partial charge in [0.05, 0.1) is 10.6 Å². The van der Waals surface area contributed by atoms with Crippen LogP contribution in [0.15, 0.2) is 64.5 Å². The van der Waals surface area contributed by atoms with E-state index in [0.717, 1.165) is 11.3 Å². The number of hydrogen-bond acceptors (Lipinski definition) is 3. The Hall–Kier alpha value is -2.21. The molecule has 0 amide bonds. The molecule has 0 spiro atoms. The fraction of sp³-hybridized carbons (Fsp3) is 0.375. The molecule has 0 aliphatic carbocycles. The van der Waals surface area contributed by atoms with Gasteiger partial charge in [0.1, 0.15) is 10.0 Å². The molecule has 0 fully saturated rings. The second kappa shape index (κ2) is 14.4. The summed E-state index contributed by atoms with van der Waals surface area (Å²) in [6.45, 7) is 24.8. The predicted octanol–water partition coefficient (Wildman–Crippen LogP) is 9.70. The van der Waals surface area contributed by atoms with E-state index >= 15 is 0 Å². The van der Waals surface area contributed by atoms with Crippen LogP contribution in [0.25, 0.3) is 4.72 Å². The van der Waals surface area contributed by atoms with Crippen LogP contribution < -0.4 is 0 Å². The Balaban J connectivity index is 0.00000116. The van der Waals surface area contributed by atoms with Gasteiger partial charge in [-0.2, -0.15) is 0 Å². The number of aliphatic imine (C=N–C) groups is 1. The summed E-state index contributed by atoms with van der Waals surface area (Å²) in [6, 6.07) is 17.3. The number of para-hydroxylation sites is 1. The first-order valence-corrected chi connectivity index (χ1v) is 18.3. The van der Waals surface area contributed by atoms with Crippen LogP contribution in [0.4, 0.5) is 11.4 Å². The molecule has 0 atom stereocenters. The van der Waals surface area contributed by atoms with Crippen LogP contribution in [0.2, 0.25) is 19.6 Å². The van der Waals surface area contributed by atoms with Crippen molar-refractivity contribution in [3.05, 3.63) is 99.2 Å². The van der Waals surface area contributed by atoms with Crippen molar-refractivity contribution in [3.63, 3.8) is 0 Å². The second-order valence-corrected chi connectivity index (χ2v) is 18.4. The van der Waals surface area contributed by atoms with E-state index in [1.165, 1.54) is 11.1 Å². The largest absolute Gasteiger partial charge is 2.00 e. The summed E-state index contributed by atoms with van der Waals surface area (Å²) < 4.78 is 30.7. The van der Waals surface area contributed by atoms with E-state index in [1.807, 2.05) is 45.0 Å². The number of nitrogens with zero attached hydrogens (tertiary/aromatic N) is 2. The Labute approximate surface area is 248 Å². The zero-order chi connectivity index (χ0) is 28.8. The zero-order valence-electron chi connectivity index (χ0n) is 25.1. The van der Waals surface area contributed by atoms with E-state index in [2.05, 4.69) is 76.8 Å². The minimum absolute atomic E-state index is 0. The van der Waals surface area contributed by atoms with Gasteiger partial charge >= 0.3 is 16.5 Å². The molecule has 0 aromatic heterocycles. The smallest absolute Gasteiger partial charge is 0.572 e. The van der Waals surface area contributed by atoms with Crippen LogP contribution >= 0.6 is 0 Å². The third kappa shape index (κ3) is 10.4. The maximum absolute atomic E-state index is 13.3. The van der Waals surface area contributed by atoms with Crippen LogP contribution in [0.3, 0.4) is 0 Å². The Morgan fingerprint density at radius 1 is 0.846 bits per heavy atom. The molecule has 0 saturated carbocycles. The molecule has 0 heterocycles. The zero-order valence-corrected chi connectivity index (χ0v) is 27.9. The maximum Gasteiger partial charge on any atom is 2.00 e. The van der Waals surface area contributed by atoms with Gasteiger partial charge in [-0.15, -0.1) is 13.8 Å². The van der Waals surface area contributed by atoms with E-state index in [9.17, 15) is 8.42 Å². The third-order valence-corrected chi connectivity index (χ3v) is 7.29. The minimum atomic E-state index is -3.88. The van der Waals surface area contributed by atoms with E-state index in [0.29, 0.717) is 34.2 Å². The second-order valence-electron chi connectivity index (χ2n) is 11.8. The number of rotatable bonds is 7. The van der Waals surface area contributed by atoms with E-state index in [1.54, 1.807) is 18.3 Å². The van der Waals surface area contributed by atoms with E-state index in [-0.39, 0.29) is 21.4 Å². The first-order chi connectivity index (χ1) is 17.5. The molecule has 0 bridgehead atoms. The molecule has 0 aliphatic heterocycles. The minimum Gasteiger partial charge on any atom is -0.572 e. The Morgan fingerprint density at radius 2 is 1.31 bits per heavy atom. The predicted molar refractivity (Wildman–Crippen MR) is 168 cm³/mol. The Kier molecular flexibility index (Phi) is 12.9. The molecule has 3 aromatic carbocycles. The fourth-order valence-electron chi connectivity index (χ4n) is 4.22. The van der Waals surface area contributed by atoms with Gasteiger partial charge < -0.3 is 11.3 Å². The Morgan fingerprint density at radius 3 is 1.77 bits per heavy atom. The summed E-state index contributed by atoms with van der Waals surface area (Å²) in [5, 5.41) is 0. The topological polar surface area (TPSA) is 60.6 Å². The van der Waals surface area contributed by atoms with Crippen molar-refractivity contribution in [2.24, 2.45) is 4.99 Å². The van der Waals surface area contributed by atoms with Crippen molar-refractivity contribution in [2.45, 2.75) is 84.8 Å². The summed E-state index contributed by atoms with van der Waals surface area (Å²) in [4.78, 5) is 5.12. The fourth-order valence-corrected chi connectivity index (χ4v) is 5.67. The molecule has 3 aromatic rings. The van der Waals surface area contributed by atoms with Crippen molar-refractivity contribution >= 4 is 35.7 Å². The summed E-state index contributed by atoms with van der Waals surface area (Å²) in [5.74, 6) is 0.646. The monoisotopic (exact) mass is 606 g/mol. The van der Waals surface area contributed by atoms with Crippen molar-refractivity contribution in [1.29, 1.82) is 0 Å². The number of hydrogen-bond donors (Lipinski definition) is 0. The van der Waals surface area contributed by atoms with Crippen molar-refractivity contribution in [1.82, 2.24) is 0 Å². The van der Waals surface area contributed by atoms with Gasteiger partial charge in [0.2, 0.25) is 0 Å². The van der Waals surface area contributed by atoms with E-state index < -0.39 is 18.1 Å². The van der Waals surface area contributed by atoms with Crippen molar-refractivity contribution in [2.75, 3.05) is 0 Å². The maximum atomic E-state index is 13.3. The number of sulfonamides is 1. The molecular weight excluding hydrogens is 563 g/mol. The van der Waals surface area contributed by atoms with Crippen LogP contribution in [-0.4, -0.2) is 22.7 Å². The first-order valence-electron chi connectivity index (χ1n) is 13.2. The van der Waals surface area contributed by atoms with Crippen LogP contribution in [0.1, 0.15) is 72.9 Å². The van der Waals surface area contributed by atoms with Crippen LogP contribution in [0, 0.1) is 27.3 Å². The van der Waals surface area contributed by atoms with Gasteiger partial charge in [-0.1, -0.05) is 107 Å². The molecule has 0 unspecified atom stereocenters. The summed E-state index contributed by atoms with van der Waals surface area (Å²) in [6.07, 6.45) is 1.73. The van der Waals surface area contributed by atoms with Gasteiger partial charge in [0.15, 0.2) is 0 Å². The SMILES string of the molecule is Cc1cc(C)c(S(=O)(=O)[N-]c2ccccc2C=Nc2c(C(C)C)cccc2C(C)C)c(C)c1.[CH2-][Si](C)(C)C.[Ni+2]. The summed E-state index contributed by atoms with van der Waals surface area (Å²) >= 11 is 0. The van der Waals surface area contributed by atoms with Gasteiger partial charge in [-0.25, -0.2) is 8.42 Å². The van der Waals surface area contributed by atoms with Crippen molar-refractivity contribution in [3.8, 4) is 0 Å². The molecule has 7 heteroatoms. The Bertz CT molecular complexity index is 1340. The quantitative estimate of drug-likeness (QED) is 0.153. The van der Waals surface area contributed by atoms with Crippen molar-refractivity contribution < 1.29 is 24.9 Å². The molecule has 3 rings (SSSR count). The number of aryl methyl sites for hydroxylation is 3. The molecule has 0 aliphatic rings. The van der Waals surface area contributed by atoms with Gasteiger partial charge in [-0.3, -0.25) is 4.99 Å².